The van der Waals surface area contributed by atoms with Crippen LogP contribution in [0, 0.1) is 11.3 Å². The second-order valence-corrected chi connectivity index (χ2v) is 9.69. The molecule has 1 aliphatic carbocycles. The van der Waals surface area contributed by atoms with Gasteiger partial charge in [0.1, 0.15) is 22.4 Å². The molecule has 0 spiro atoms. The number of aryl methyl sites for hydroxylation is 1. The van der Waals surface area contributed by atoms with Crippen molar-refractivity contribution in [1.82, 2.24) is 0 Å². The summed E-state index contributed by atoms with van der Waals surface area (Å²) in [6, 6.07) is 9.29. The molecule has 0 aliphatic heterocycles. The van der Waals surface area contributed by atoms with E-state index in [1.807, 2.05) is 30.3 Å². The quantitative estimate of drug-likeness (QED) is 0.221. The number of benzene rings is 1. The molecule has 6 nitrogen and oxygen atoms in total. The van der Waals surface area contributed by atoms with Crippen LogP contribution in [-0.4, -0.2) is 18.4 Å². The van der Waals surface area contributed by atoms with Gasteiger partial charge in [-0.05, 0) is 61.4 Å². The summed E-state index contributed by atoms with van der Waals surface area (Å²) in [5.74, 6) is -0.329. The van der Waals surface area contributed by atoms with Crippen LogP contribution in [0.15, 0.2) is 29.8 Å². The summed E-state index contributed by atoms with van der Waals surface area (Å²) in [7, 11) is 0. The van der Waals surface area contributed by atoms with Crippen molar-refractivity contribution >= 4 is 34.2 Å². The molecule has 0 saturated carbocycles. The Morgan fingerprint density at radius 2 is 1.82 bits per heavy atom. The fourth-order valence-electron chi connectivity index (χ4n) is 4.13. The van der Waals surface area contributed by atoms with Gasteiger partial charge in [-0.3, -0.25) is 9.59 Å². The summed E-state index contributed by atoms with van der Waals surface area (Å²) in [6.45, 7) is 2.89. The molecular formula is C27H33N3O3S. The third-order valence-electron chi connectivity index (χ3n) is 5.97. The van der Waals surface area contributed by atoms with Crippen LogP contribution in [0.25, 0.3) is 6.08 Å². The number of nitrogens with one attached hydrogen (secondary N) is 1. The van der Waals surface area contributed by atoms with E-state index in [0.29, 0.717) is 17.2 Å². The molecule has 1 heterocycles. The van der Waals surface area contributed by atoms with Crippen LogP contribution in [0.3, 0.4) is 0 Å². The number of hydrogen-bond acceptors (Lipinski definition) is 5. The van der Waals surface area contributed by atoms with Gasteiger partial charge >= 0.3 is 0 Å². The highest BCUT2D eigenvalue weighted by molar-refractivity contribution is 7.17. The van der Waals surface area contributed by atoms with Crippen molar-refractivity contribution in [3.05, 3.63) is 51.4 Å². The topological polar surface area (TPSA) is 105 Å². The number of carbonyl (C=O) groups is 2. The number of unbranched alkanes of at least 4 members (excludes halogenated alkanes) is 5. The molecule has 1 aliphatic rings. The first-order valence-corrected chi connectivity index (χ1v) is 13.0. The van der Waals surface area contributed by atoms with E-state index in [0.717, 1.165) is 53.9 Å². The van der Waals surface area contributed by atoms with Crippen LogP contribution < -0.4 is 15.8 Å². The lowest BCUT2D eigenvalue weighted by Gasteiger charge is -2.11. The minimum absolute atomic E-state index is 0.0393. The van der Waals surface area contributed by atoms with Crippen LogP contribution in [0.5, 0.6) is 5.75 Å². The molecule has 2 aromatic rings. The lowest BCUT2D eigenvalue weighted by Crippen LogP contribution is -2.19. The van der Waals surface area contributed by atoms with E-state index in [9.17, 15) is 14.9 Å². The maximum absolute atomic E-state index is 12.8. The highest BCUT2D eigenvalue weighted by Gasteiger charge is 2.25. The minimum atomic E-state index is -0.549. The predicted octanol–water partition coefficient (Wildman–Crippen LogP) is 6.01. The van der Waals surface area contributed by atoms with Gasteiger partial charge in [0.2, 0.25) is 0 Å². The summed E-state index contributed by atoms with van der Waals surface area (Å²) in [5.41, 5.74) is 7.61. The van der Waals surface area contributed by atoms with Gasteiger partial charge in [-0.15, -0.1) is 11.3 Å². The van der Waals surface area contributed by atoms with Crippen LogP contribution in [0.4, 0.5) is 5.00 Å². The maximum Gasteiger partial charge on any atom is 0.266 e. The van der Waals surface area contributed by atoms with Crippen molar-refractivity contribution in [1.29, 1.82) is 5.26 Å². The summed E-state index contributed by atoms with van der Waals surface area (Å²) in [6.07, 6.45) is 12.5. The Morgan fingerprint density at radius 1 is 1.12 bits per heavy atom. The molecule has 3 rings (SSSR count). The number of rotatable bonds is 12. The van der Waals surface area contributed by atoms with Crippen molar-refractivity contribution in [2.75, 3.05) is 11.9 Å². The van der Waals surface area contributed by atoms with Crippen LogP contribution in [0.2, 0.25) is 0 Å². The standard InChI is InChI=1S/C27H33N3O3S/c1-2-3-4-5-6-9-16-33-21-14-12-19(13-15-21)17-20(18-28)26(32)30-27-24(25(29)31)22-10-7-8-11-23(22)34-27/h12-15,17H,2-11,16H2,1H3,(H2,29,31)(H,30,32)/b20-17+. The number of primary amides is 1. The highest BCUT2D eigenvalue weighted by atomic mass is 32.1. The lowest BCUT2D eigenvalue weighted by molar-refractivity contribution is -0.112. The Labute approximate surface area is 205 Å². The first kappa shape index (κ1) is 25.5. The van der Waals surface area contributed by atoms with Crippen LogP contribution >= 0.6 is 11.3 Å². The van der Waals surface area contributed by atoms with E-state index < -0.39 is 11.8 Å². The SMILES string of the molecule is CCCCCCCCOc1ccc(/C=C(\C#N)C(=O)Nc2sc3c(c2C(N)=O)CCCC3)cc1. The Kier molecular flexibility index (Phi) is 9.72. The number of amides is 2. The number of nitrogens with zero attached hydrogens (tertiary/aromatic N) is 1. The fraction of sp³-hybridized carbons (Fsp3) is 0.444. The summed E-state index contributed by atoms with van der Waals surface area (Å²) in [4.78, 5) is 25.9. The number of thiophene rings is 1. The van der Waals surface area contributed by atoms with Gasteiger partial charge < -0.3 is 15.8 Å². The molecule has 0 radical (unpaired) electrons. The van der Waals surface area contributed by atoms with Gasteiger partial charge in [0.25, 0.3) is 11.8 Å². The molecule has 1 aromatic carbocycles. The number of ether oxygens (including phenoxy) is 1. The molecule has 180 valence electrons. The van der Waals surface area contributed by atoms with Crippen LogP contribution in [-0.2, 0) is 17.6 Å². The summed E-state index contributed by atoms with van der Waals surface area (Å²) < 4.78 is 5.79. The minimum Gasteiger partial charge on any atom is -0.494 e. The second-order valence-electron chi connectivity index (χ2n) is 8.59. The van der Waals surface area contributed by atoms with E-state index in [4.69, 9.17) is 10.5 Å². The third-order valence-corrected chi connectivity index (χ3v) is 7.17. The van der Waals surface area contributed by atoms with Crippen molar-refractivity contribution in [3.63, 3.8) is 0 Å². The molecule has 0 unspecified atom stereocenters. The van der Waals surface area contributed by atoms with Crippen molar-refractivity contribution < 1.29 is 14.3 Å². The Morgan fingerprint density at radius 3 is 2.53 bits per heavy atom. The zero-order chi connectivity index (χ0) is 24.3. The number of nitrogens with two attached hydrogens (primary N) is 1. The van der Waals surface area contributed by atoms with E-state index >= 15 is 0 Å². The van der Waals surface area contributed by atoms with Crippen molar-refractivity contribution in [2.24, 2.45) is 5.73 Å². The smallest absolute Gasteiger partial charge is 0.266 e. The molecule has 0 fully saturated rings. The lowest BCUT2D eigenvalue weighted by atomic mass is 9.95. The Bertz CT molecular complexity index is 1060. The second kappa shape index (κ2) is 13.0. The maximum atomic E-state index is 12.8. The summed E-state index contributed by atoms with van der Waals surface area (Å²) >= 11 is 1.38. The van der Waals surface area contributed by atoms with Gasteiger partial charge in [-0.1, -0.05) is 51.2 Å². The van der Waals surface area contributed by atoms with E-state index in [1.165, 1.54) is 49.5 Å². The Hall–Kier alpha value is -3.11. The summed E-state index contributed by atoms with van der Waals surface area (Å²) in [5, 5.41) is 12.7. The molecule has 34 heavy (non-hydrogen) atoms. The van der Waals surface area contributed by atoms with Gasteiger partial charge in [0, 0.05) is 4.88 Å². The first-order chi connectivity index (χ1) is 16.5. The predicted molar refractivity (Wildman–Crippen MR) is 137 cm³/mol. The van der Waals surface area contributed by atoms with Crippen molar-refractivity contribution in [2.45, 2.75) is 71.1 Å². The third kappa shape index (κ3) is 6.94. The van der Waals surface area contributed by atoms with Gasteiger partial charge in [0.15, 0.2) is 0 Å². The Balaban J connectivity index is 1.60. The molecule has 1 aromatic heterocycles. The number of fused-ring (bicyclic) bond motifs is 1. The molecule has 0 saturated heterocycles. The number of anilines is 1. The number of carbonyl (C=O) groups excluding carboxylic acids is 2. The van der Waals surface area contributed by atoms with Crippen LogP contribution in [0.1, 0.15) is 84.7 Å². The van der Waals surface area contributed by atoms with E-state index in [2.05, 4.69) is 12.2 Å². The van der Waals surface area contributed by atoms with Gasteiger partial charge in [-0.2, -0.15) is 5.26 Å². The number of hydrogen-bond donors (Lipinski definition) is 2. The number of nitriles is 1. The normalized spacial score (nSPS) is 13.1. The molecular weight excluding hydrogens is 446 g/mol. The molecule has 2 amide bonds. The van der Waals surface area contributed by atoms with E-state index in [1.54, 1.807) is 0 Å². The molecule has 3 N–H and O–H groups in total. The average Bonchev–Trinajstić information content (AvgIpc) is 3.20. The average molecular weight is 480 g/mol. The molecule has 0 bridgehead atoms. The fourth-order valence-corrected chi connectivity index (χ4v) is 5.42. The zero-order valence-corrected chi connectivity index (χ0v) is 20.6. The monoisotopic (exact) mass is 479 g/mol. The molecule has 0 atom stereocenters. The molecule has 7 heteroatoms. The zero-order valence-electron chi connectivity index (χ0n) is 19.8. The highest BCUT2D eigenvalue weighted by Crippen LogP contribution is 2.38. The largest absolute Gasteiger partial charge is 0.494 e. The van der Waals surface area contributed by atoms with E-state index in [-0.39, 0.29) is 5.57 Å². The first-order valence-electron chi connectivity index (χ1n) is 12.1. The van der Waals surface area contributed by atoms with Gasteiger partial charge in [0.05, 0.1) is 12.2 Å². The van der Waals surface area contributed by atoms with Crippen molar-refractivity contribution in [3.8, 4) is 11.8 Å². The van der Waals surface area contributed by atoms with Gasteiger partial charge in [-0.25, -0.2) is 0 Å².